The number of nitrogens with zero attached hydrogens (tertiary/aromatic N) is 1. The monoisotopic (exact) mass is 316 g/mol. The molecule has 100 valence electrons. The molecule has 0 saturated heterocycles. The Morgan fingerprint density at radius 1 is 1.32 bits per heavy atom. The van der Waals surface area contributed by atoms with E-state index in [0.29, 0.717) is 12.2 Å². The lowest BCUT2D eigenvalue weighted by Crippen LogP contribution is -2.01. The number of rotatable bonds is 4. The third kappa shape index (κ3) is 3.37. The minimum absolute atomic E-state index is 0.0809. The highest BCUT2D eigenvalue weighted by atomic mass is 35.5. The van der Waals surface area contributed by atoms with E-state index in [1.54, 1.807) is 11.3 Å². The molecule has 0 bridgehead atoms. The molecule has 7 heteroatoms. The number of nitro benzene ring substituents is 1. The number of anilines is 1. The Balaban J connectivity index is 2.23. The molecule has 0 saturated carbocycles. The molecule has 2 aromatic rings. The molecule has 1 heterocycles. The lowest BCUT2D eigenvalue weighted by atomic mass is 10.2. The number of hydrogen-bond acceptors (Lipinski definition) is 4. The molecule has 0 aliphatic heterocycles. The molecule has 0 atom stereocenters. The minimum Gasteiger partial charge on any atom is -0.375 e. The average Bonchev–Trinajstić information content (AvgIpc) is 2.76. The van der Waals surface area contributed by atoms with Crippen molar-refractivity contribution < 1.29 is 4.92 Å². The van der Waals surface area contributed by atoms with Gasteiger partial charge in [-0.25, -0.2) is 0 Å². The van der Waals surface area contributed by atoms with Crippen molar-refractivity contribution in [2.45, 2.75) is 13.5 Å². The summed E-state index contributed by atoms with van der Waals surface area (Å²) in [6, 6.07) is 6.72. The third-order valence-electron chi connectivity index (χ3n) is 2.48. The van der Waals surface area contributed by atoms with Crippen LogP contribution in [0.1, 0.15) is 9.75 Å². The van der Waals surface area contributed by atoms with Crippen molar-refractivity contribution in [3.05, 3.63) is 54.2 Å². The Morgan fingerprint density at radius 2 is 2.00 bits per heavy atom. The van der Waals surface area contributed by atoms with Crippen LogP contribution in [0.3, 0.4) is 0 Å². The second-order valence-electron chi connectivity index (χ2n) is 3.91. The van der Waals surface area contributed by atoms with Gasteiger partial charge in [-0.1, -0.05) is 23.2 Å². The Kier molecular flexibility index (Phi) is 4.29. The standard InChI is InChI=1S/C12H10Cl2N2O2S/c1-7-2-3-8(19-7)6-15-11-4-9(13)10(14)5-12(11)16(17)18/h2-5,15H,6H2,1H3. The maximum absolute atomic E-state index is 11.0. The lowest BCUT2D eigenvalue weighted by molar-refractivity contribution is -0.383. The number of nitrogens with one attached hydrogen (secondary N) is 1. The summed E-state index contributed by atoms with van der Waals surface area (Å²) in [6.45, 7) is 2.52. The Bertz CT molecular complexity index is 628. The highest BCUT2D eigenvalue weighted by Gasteiger charge is 2.16. The van der Waals surface area contributed by atoms with Gasteiger partial charge in [0.25, 0.3) is 5.69 Å². The summed E-state index contributed by atoms with van der Waals surface area (Å²) in [7, 11) is 0. The van der Waals surface area contributed by atoms with Gasteiger partial charge in [0.1, 0.15) is 5.69 Å². The molecule has 4 nitrogen and oxygen atoms in total. The number of halogens is 2. The first-order valence-corrected chi connectivity index (χ1v) is 6.97. The Labute approximate surface area is 124 Å². The predicted octanol–water partition coefficient (Wildman–Crippen LogP) is 4.88. The SMILES string of the molecule is Cc1ccc(CNc2cc(Cl)c(Cl)cc2[N+](=O)[O-])s1. The zero-order chi connectivity index (χ0) is 14.0. The number of benzene rings is 1. The van der Waals surface area contributed by atoms with E-state index in [4.69, 9.17) is 23.2 Å². The van der Waals surface area contributed by atoms with Gasteiger partial charge in [-0.2, -0.15) is 0 Å². The largest absolute Gasteiger partial charge is 0.375 e. The summed E-state index contributed by atoms with van der Waals surface area (Å²) in [5, 5.41) is 14.4. The molecule has 0 amide bonds. The average molecular weight is 317 g/mol. The van der Waals surface area contributed by atoms with Gasteiger partial charge >= 0.3 is 0 Å². The van der Waals surface area contributed by atoms with E-state index in [2.05, 4.69) is 5.32 Å². The van der Waals surface area contributed by atoms with Crippen LogP contribution in [0.15, 0.2) is 24.3 Å². The molecule has 0 unspecified atom stereocenters. The van der Waals surface area contributed by atoms with E-state index in [1.165, 1.54) is 17.0 Å². The third-order valence-corrected chi connectivity index (χ3v) is 4.21. The summed E-state index contributed by atoms with van der Waals surface area (Å²) in [5.74, 6) is 0. The van der Waals surface area contributed by atoms with Crippen LogP contribution in [0.5, 0.6) is 0 Å². The van der Waals surface area contributed by atoms with Crippen LogP contribution in [0.4, 0.5) is 11.4 Å². The van der Waals surface area contributed by atoms with E-state index >= 15 is 0 Å². The molecule has 0 radical (unpaired) electrons. The normalized spacial score (nSPS) is 10.5. The second kappa shape index (κ2) is 5.77. The van der Waals surface area contributed by atoms with E-state index in [-0.39, 0.29) is 15.7 Å². The van der Waals surface area contributed by atoms with Crippen molar-refractivity contribution in [1.29, 1.82) is 0 Å². The molecule has 0 fully saturated rings. The molecule has 19 heavy (non-hydrogen) atoms. The summed E-state index contributed by atoms with van der Waals surface area (Å²) < 4.78 is 0. The maximum Gasteiger partial charge on any atom is 0.293 e. The van der Waals surface area contributed by atoms with Crippen molar-refractivity contribution in [3.63, 3.8) is 0 Å². The number of nitro groups is 1. The second-order valence-corrected chi connectivity index (χ2v) is 6.09. The van der Waals surface area contributed by atoms with E-state index < -0.39 is 4.92 Å². The summed E-state index contributed by atoms with van der Waals surface area (Å²) >= 11 is 13.3. The van der Waals surface area contributed by atoms with Crippen molar-refractivity contribution in [3.8, 4) is 0 Å². The summed E-state index contributed by atoms with van der Waals surface area (Å²) in [6.07, 6.45) is 0. The van der Waals surface area contributed by atoms with Crippen LogP contribution in [-0.4, -0.2) is 4.92 Å². The smallest absolute Gasteiger partial charge is 0.293 e. The predicted molar refractivity (Wildman–Crippen MR) is 79.5 cm³/mol. The first-order valence-electron chi connectivity index (χ1n) is 5.40. The van der Waals surface area contributed by atoms with Crippen LogP contribution in [-0.2, 0) is 6.54 Å². The van der Waals surface area contributed by atoms with E-state index in [9.17, 15) is 10.1 Å². The maximum atomic E-state index is 11.0. The number of hydrogen-bond donors (Lipinski definition) is 1. The zero-order valence-corrected chi connectivity index (χ0v) is 12.3. The van der Waals surface area contributed by atoms with Crippen molar-refractivity contribution in [2.75, 3.05) is 5.32 Å². The van der Waals surface area contributed by atoms with Gasteiger partial charge in [0.2, 0.25) is 0 Å². The van der Waals surface area contributed by atoms with Gasteiger partial charge in [-0.15, -0.1) is 11.3 Å². The molecule has 0 spiro atoms. The molecule has 0 aliphatic carbocycles. The summed E-state index contributed by atoms with van der Waals surface area (Å²) in [5.41, 5.74) is 0.285. The van der Waals surface area contributed by atoms with Crippen molar-refractivity contribution >= 4 is 45.9 Å². The van der Waals surface area contributed by atoms with Gasteiger partial charge in [0, 0.05) is 22.4 Å². The van der Waals surface area contributed by atoms with Crippen LogP contribution < -0.4 is 5.32 Å². The molecular formula is C12H10Cl2N2O2S. The van der Waals surface area contributed by atoms with E-state index in [0.717, 1.165) is 4.88 Å². The highest BCUT2D eigenvalue weighted by Crippen LogP contribution is 2.34. The molecule has 1 N–H and O–H groups in total. The van der Waals surface area contributed by atoms with E-state index in [1.807, 2.05) is 19.1 Å². The lowest BCUT2D eigenvalue weighted by Gasteiger charge is -2.07. The van der Waals surface area contributed by atoms with Gasteiger partial charge in [-0.3, -0.25) is 10.1 Å². The molecule has 1 aromatic carbocycles. The first-order chi connectivity index (χ1) is 8.97. The minimum atomic E-state index is -0.482. The molecule has 1 aromatic heterocycles. The molecule has 0 aliphatic rings. The first kappa shape index (κ1) is 14.1. The quantitative estimate of drug-likeness (QED) is 0.645. The van der Waals surface area contributed by atoms with Crippen LogP contribution >= 0.6 is 34.5 Å². The topological polar surface area (TPSA) is 55.2 Å². The number of aryl methyl sites for hydroxylation is 1. The van der Waals surface area contributed by atoms with Crippen LogP contribution in [0.2, 0.25) is 10.0 Å². The highest BCUT2D eigenvalue weighted by molar-refractivity contribution is 7.11. The molecule has 2 rings (SSSR count). The van der Waals surface area contributed by atoms with Gasteiger partial charge in [0.05, 0.1) is 15.0 Å². The molecular weight excluding hydrogens is 307 g/mol. The van der Waals surface area contributed by atoms with Crippen LogP contribution in [0, 0.1) is 17.0 Å². The Morgan fingerprint density at radius 3 is 2.58 bits per heavy atom. The van der Waals surface area contributed by atoms with Crippen molar-refractivity contribution in [1.82, 2.24) is 0 Å². The number of thiophene rings is 1. The Hall–Kier alpha value is -1.30. The fourth-order valence-electron chi connectivity index (χ4n) is 1.59. The summed E-state index contributed by atoms with van der Waals surface area (Å²) in [4.78, 5) is 12.8. The van der Waals surface area contributed by atoms with Gasteiger partial charge < -0.3 is 5.32 Å². The fourth-order valence-corrected chi connectivity index (χ4v) is 2.74. The van der Waals surface area contributed by atoms with Crippen molar-refractivity contribution in [2.24, 2.45) is 0 Å². The fraction of sp³-hybridized carbons (Fsp3) is 0.167. The zero-order valence-electron chi connectivity index (χ0n) is 9.94. The van der Waals surface area contributed by atoms with Crippen LogP contribution in [0.25, 0.3) is 0 Å². The van der Waals surface area contributed by atoms with Gasteiger partial charge in [-0.05, 0) is 25.1 Å². The van der Waals surface area contributed by atoms with Gasteiger partial charge in [0.15, 0.2) is 0 Å².